The van der Waals surface area contributed by atoms with E-state index >= 15 is 0 Å². The molecule has 2 aliphatic rings. The summed E-state index contributed by atoms with van der Waals surface area (Å²) in [5, 5.41) is 16.9. The van der Waals surface area contributed by atoms with Crippen LogP contribution >= 0.6 is 11.6 Å². The molecule has 4 rings (SSSR count). The van der Waals surface area contributed by atoms with Crippen molar-refractivity contribution in [2.75, 3.05) is 25.0 Å². The van der Waals surface area contributed by atoms with Crippen LogP contribution in [0.5, 0.6) is 5.75 Å². The number of carbonyl (C=O) groups is 2. The summed E-state index contributed by atoms with van der Waals surface area (Å²) in [6.07, 6.45) is 3.29. The number of fused-ring (bicyclic) bond motifs is 1. The Kier molecular flexibility index (Phi) is 7.99. The third-order valence-corrected chi connectivity index (χ3v) is 7.29. The van der Waals surface area contributed by atoms with Crippen molar-refractivity contribution in [1.82, 2.24) is 10.3 Å². The minimum Gasteiger partial charge on any atom is -0.490 e. The number of ether oxygens (including phenoxy) is 2. The van der Waals surface area contributed by atoms with Gasteiger partial charge < -0.3 is 25.2 Å². The van der Waals surface area contributed by atoms with E-state index in [0.29, 0.717) is 70.0 Å². The summed E-state index contributed by atoms with van der Waals surface area (Å²) < 4.78 is 11.8. The van der Waals surface area contributed by atoms with Crippen molar-refractivity contribution in [3.63, 3.8) is 0 Å². The molecule has 0 radical (unpaired) electrons. The first-order valence-corrected chi connectivity index (χ1v) is 13.2. The average Bonchev–Trinajstić information content (AvgIpc) is 3.36. The van der Waals surface area contributed by atoms with Gasteiger partial charge >= 0.3 is 5.97 Å². The molecular formula is C28H36ClN3O5. The van der Waals surface area contributed by atoms with Crippen molar-refractivity contribution in [2.45, 2.75) is 72.0 Å². The van der Waals surface area contributed by atoms with Crippen LogP contribution in [-0.2, 0) is 9.53 Å². The highest BCUT2D eigenvalue weighted by Crippen LogP contribution is 2.46. The van der Waals surface area contributed by atoms with Crippen LogP contribution in [0.15, 0.2) is 12.1 Å². The number of pyridine rings is 1. The Morgan fingerprint density at radius 2 is 1.97 bits per heavy atom. The number of halogens is 1. The zero-order chi connectivity index (χ0) is 26.9. The van der Waals surface area contributed by atoms with E-state index in [9.17, 15) is 14.7 Å². The number of aliphatic carboxylic acids is 1. The van der Waals surface area contributed by atoms with Crippen molar-refractivity contribution in [1.29, 1.82) is 0 Å². The third-order valence-electron chi connectivity index (χ3n) is 6.90. The smallest absolute Gasteiger partial charge is 0.337 e. The van der Waals surface area contributed by atoms with Crippen molar-refractivity contribution < 1.29 is 24.2 Å². The number of nitrogens with zero attached hydrogens (tertiary/aromatic N) is 1. The summed E-state index contributed by atoms with van der Waals surface area (Å²) in [7, 11) is 0. The summed E-state index contributed by atoms with van der Waals surface area (Å²) in [6.45, 7) is 10.6. The van der Waals surface area contributed by atoms with E-state index in [1.54, 1.807) is 40.7 Å². The normalized spacial score (nSPS) is 16.5. The molecule has 1 amide bonds. The maximum Gasteiger partial charge on any atom is 0.337 e. The first-order chi connectivity index (χ1) is 17.5. The number of nitrogens with one attached hydrogen (secondary N) is 2. The second-order valence-corrected chi connectivity index (χ2v) is 11.2. The fraction of sp³-hybridized carbons (Fsp3) is 0.536. The van der Waals surface area contributed by atoms with Crippen LogP contribution in [0.3, 0.4) is 0 Å². The van der Waals surface area contributed by atoms with Crippen LogP contribution in [0, 0.1) is 19.8 Å². The van der Waals surface area contributed by atoms with E-state index in [1.165, 1.54) is 12.8 Å². The predicted molar refractivity (Wildman–Crippen MR) is 144 cm³/mol. The number of amides is 1. The van der Waals surface area contributed by atoms with Crippen LogP contribution < -0.4 is 15.4 Å². The van der Waals surface area contributed by atoms with E-state index in [-0.39, 0.29) is 11.6 Å². The Bertz CT molecular complexity index is 1200. The standard InChI is InChI=1S/C28H36ClN3O5/c1-15-20(18-10-11-19-24(22(18)29)30-12-13-36-19)21(25(27(34)35)37-28(3,4)5)16(2)32-23(15)26(33)31-14-17-8-6-7-9-17/h10-11,17,25,30H,6-9,12-14H2,1-5H3,(H,31,33)(H,34,35)/t25-/m0/s1. The van der Waals surface area contributed by atoms with E-state index in [0.717, 1.165) is 12.8 Å². The number of carboxylic acid groups (broad SMARTS) is 1. The van der Waals surface area contributed by atoms with Crippen LogP contribution in [0.4, 0.5) is 5.69 Å². The molecule has 0 saturated heterocycles. The van der Waals surface area contributed by atoms with Gasteiger partial charge in [-0.15, -0.1) is 0 Å². The van der Waals surface area contributed by atoms with Gasteiger partial charge in [0.2, 0.25) is 0 Å². The van der Waals surface area contributed by atoms with Gasteiger partial charge in [-0.3, -0.25) is 4.79 Å². The van der Waals surface area contributed by atoms with Gasteiger partial charge in [-0.05, 0) is 76.6 Å². The fourth-order valence-corrected chi connectivity index (χ4v) is 5.51. The van der Waals surface area contributed by atoms with Gasteiger partial charge in [0.15, 0.2) is 6.10 Å². The van der Waals surface area contributed by atoms with Crippen molar-refractivity contribution in [3.8, 4) is 16.9 Å². The van der Waals surface area contributed by atoms with E-state index in [1.807, 2.05) is 6.07 Å². The van der Waals surface area contributed by atoms with E-state index in [4.69, 9.17) is 21.1 Å². The summed E-state index contributed by atoms with van der Waals surface area (Å²) in [6, 6.07) is 3.61. The largest absolute Gasteiger partial charge is 0.490 e. The first kappa shape index (κ1) is 27.2. The number of anilines is 1. The maximum atomic E-state index is 13.3. The monoisotopic (exact) mass is 529 g/mol. The zero-order valence-electron chi connectivity index (χ0n) is 22.2. The number of carbonyl (C=O) groups excluding carboxylic acids is 1. The molecule has 1 saturated carbocycles. The Morgan fingerprint density at radius 3 is 2.62 bits per heavy atom. The molecule has 2 heterocycles. The van der Waals surface area contributed by atoms with E-state index in [2.05, 4.69) is 15.6 Å². The summed E-state index contributed by atoms with van der Waals surface area (Å²) >= 11 is 6.90. The predicted octanol–water partition coefficient (Wildman–Crippen LogP) is 5.68. The molecule has 2 aromatic rings. The molecule has 200 valence electrons. The molecule has 1 aliphatic heterocycles. The quantitative estimate of drug-likeness (QED) is 0.423. The maximum absolute atomic E-state index is 13.3. The Morgan fingerprint density at radius 1 is 1.27 bits per heavy atom. The lowest BCUT2D eigenvalue weighted by Gasteiger charge is -2.29. The molecule has 0 unspecified atom stereocenters. The number of carboxylic acids is 1. The van der Waals surface area contributed by atoms with Gasteiger partial charge in [-0.2, -0.15) is 0 Å². The summed E-state index contributed by atoms with van der Waals surface area (Å²) in [5.41, 5.74) is 2.61. The minimum absolute atomic E-state index is 0.257. The Labute approximate surface area is 223 Å². The van der Waals surface area contributed by atoms with Crippen LogP contribution in [0.25, 0.3) is 11.1 Å². The Balaban J connectivity index is 1.88. The third kappa shape index (κ3) is 5.85. The second-order valence-electron chi connectivity index (χ2n) is 10.8. The average molecular weight is 530 g/mol. The highest BCUT2D eigenvalue weighted by atomic mass is 35.5. The lowest BCUT2D eigenvalue weighted by Crippen LogP contribution is -2.31. The van der Waals surface area contributed by atoms with Crippen molar-refractivity contribution in [3.05, 3.63) is 39.7 Å². The van der Waals surface area contributed by atoms with Gasteiger partial charge in [-0.1, -0.05) is 24.4 Å². The molecule has 3 N–H and O–H groups in total. The molecular weight excluding hydrogens is 494 g/mol. The van der Waals surface area contributed by atoms with Gasteiger partial charge in [0.25, 0.3) is 5.91 Å². The molecule has 9 heteroatoms. The number of benzene rings is 1. The van der Waals surface area contributed by atoms with E-state index < -0.39 is 17.7 Å². The molecule has 1 atom stereocenters. The molecule has 1 aromatic heterocycles. The summed E-state index contributed by atoms with van der Waals surface area (Å²) in [5.74, 6) is -0.323. The second kappa shape index (κ2) is 10.9. The molecule has 1 fully saturated rings. The zero-order valence-corrected chi connectivity index (χ0v) is 22.9. The Hall–Kier alpha value is -2.84. The number of aromatic nitrogens is 1. The van der Waals surface area contributed by atoms with Crippen molar-refractivity contribution in [2.24, 2.45) is 5.92 Å². The van der Waals surface area contributed by atoms with Crippen LogP contribution in [-0.4, -0.2) is 47.3 Å². The highest BCUT2D eigenvalue weighted by molar-refractivity contribution is 6.36. The fourth-order valence-electron chi connectivity index (χ4n) is 5.20. The highest BCUT2D eigenvalue weighted by Gasteiger charge is 2.34. The van der Waals surface area contributed by atoms with Crippen molar-refractivity contribution >= 4 is 29.2 Å². The summed E-state index contributed by atoms with van der Waals surface area (Å²) in [4.78, 5) is 30.5. The number of hydrogen-bond donors (Lipinski definition) is 3. The topological polar surface area (TPSA) is 110 Å². The number of aryl methyl sites for hydroxylation is 1. The molecule has 37 heavy (non-hydrogen) atoms. The van der Waals surface area contributed by atoms with Gasteiger partial charge in [-0.25, -0.2) is 9.78 Å². The van der Waals surface area contributed by atoms with Gasteiger partial charge in [0.05, 0.1) is 16.3 Å². The van der Waals surface area contributed by atoms with Crippen LogP contribution in [0.1, 0.15) is 79.9 Å². The van der Waals surface area contributed by atoms with Crippen LogP contribution in [0.2, 0.25) is 5.02 Å². The minimum atomic E-state index is -1.31. The first-order valence-electron chi connectivity index (χ1n) is 12.9. The molecule has 1 aliphatic carbocycles. The molecule has 0 bridgehead atoms. The van der Waals surface area contributed by atoms with Gasteiger partial charge in [0, 0.05) is 29.9 Å². The number of hydrogen-bond acceptors (Lipinski definition) is 6. The SMILES string of the molecule is Cc1nc(C(=O)NCC2CCCC2)c(C)c(-c2ccc3c(c2Cl)NCCO3)c1[C@H](OC(C)(C)C)C(=O)O. The lowest BCUT2D eigenvalue weighted by atomic mass is 9.89. The van der Waals surface area contributed by atoms with Gasteiger partial charge in [0.1, 0.15) is 18.1 Å². The molecule has 0 spiro atoms. The number of rotatable bonds is 7. The lowest BCUT2D eigenvalue weighted by molar-refractivity contribution is -0.160. The molecule has 8 nitrogen and oxygen atoms in total. The molecule has 1 aromatic carbocycles.